The predicted octanol–water partition coefficient (Wildman–Crippen LogP) is 5.35. The Hall–Kier alpha value is -0.940. The number of carbonyl (C=O) groups is 1. The molecule has 4 nitrogen and oxygen atoms in total. The fourth-order valence-electron chi connectivity index (χ4n) is 2.68. The molecule has 0 saturated heterocycles. The SMILES string of the molecule is CC(C)(C)OC(=O)NC1CCC(Nc2ccc(Br)c(Cl)c2)CC1. The fraction of sp³-hybridized carbons (Fsp3) is 0.588. The van der Waals surface area contributed by atoms with Crippen LogP contribution in [-0.4, -0.2) is 23.8 Å². The molecule has 1 amide bonds. The second-order valence-corrected chi connectivity index (χ2v) is 8.23. The maximum Gasteiger partial charge on any atom is 0.407 e. The van der Waals surface area contributed by atoms with Gasteiger partial charge >= 0.3 is 6.09 Å². The number of benzene rings is 1. The second-order valence-electron chi connectivity index (χ2n) is 6.97. The van der Waals surface area contributed by atoms with Crippen molar-refractivity contribution in [3.63, 3.8) is 0 Å². The van der Waals surface area contributed by atoms with Crippen molar-refractivity contribution in [1.82, 2.24) is 5.32 Å². The highest BCUT2D eigenvalue weighted by atomic mass is 79.9. The van der Waals surface area contributed by atoms with Crippen LogP contribution in [0.4, 0.5) is 10.5 Å². The van der Waals surface area contributed by atoms with E-state index in [2.05, 4.69) is 26.6 Å². The Morgan fingerprint density at radius 3 is 2.39 bits per heavy atom. The number of ether oxygens (including phenoxy) is 1. The topological polar surface area (TPSA) is 50.4 Å². The summed E-state index contributed by atoms with van der Waals surface area (Å²) in [5.74, 6) is 0. The summed E-state index contributed by atoms with van der Waals surface area (Å²) in [6.45, 7) is 5.62. The Morgan fingerprint density at radius 1 is 1.22 bits per heavy atom. The lowest BCUT2D eigenvalue weighted by Crippen LogP contribution is -2.42. The van der Waals surface area contributed by atoms with Gasteiger partial charge in [0.1, 0.15) is 5.60 Å². The predicted molar refractivity (Wildman–Crippen MR) is 98.2 cm³/mol. The average molecular weight is 404 g/mol. The van der Waals surface area contributed by atoms with E-state index in [0.29, 0.717) is 11.1 Å². The minimum absolute atomic E-state index is 0.191. The zero-order valence-corrected chi connectivity index (χ0v) is 16.1. The summed E-state index contributed by atoms with van der Waals surface area (Å²) < 4.78 is 6.20. The average Bonchev–Trinajstić information content (AvgIpc) is 2.43. The first kappa shape index (κ1) is 18.4. The second kappa shape index (κ2) is 7.75. The van der Waals surface area contributed by atoms with Crippen LogP contribution >= 0.6 is 27.5 Å². The summed E-state index contributed by atoms with van der Waals surface area (Å²) in [6, 6.07) is 6.48. The van der Waals surface area contributed by atoms with Crippen molar-refractivity contribution >= 4 is 39.3 Å². The molecular weight excluding hydrogens is 380 g/mol. The van der Waals surface area contributed by atoms with Gasteiger partial charge in [-0.2, -0.15) is 0 Å². The van der Waals surface area contributed by atoms with Crippen LogP contribution in [-0.2, 0) is 4.74 Å². The Labute approximate surface area is 151 Å². The summed E-state index contributed by atoms with van der Waals surface area (Å²) in [5, 5.41) is 7.18. The molecule has 1 aliphatic carbocycles. The molecule has 23 heavy (non-hydrogen) atoms. The van der Waals surface area contributed by atoms with Crippen molar-refractivity contribution in [2.75, 3.05) is 5.32 Å². The van der Waals surface area contributed by atoms with Gasteiger partial charge in [0, 0.05) is 22.2 Å². The van der Waals surface area contributed by atoms with Gasteiger partial charge in [-0.15, -0.1) is 0 Å². The molecule has 1 aliphatic rings. The third-order valence-electron chi connectivity index (χ3n) is 3.74. The monoisotopic (exact) mass is 402 g/mol. The number of halogens is 2. The van der Waals surface area contributed by atoms with E-state index < -0.39 is 5.60 Å². The minimum atomic E-state index is -0.455. The van der Waals surface area contributed by atoms with Crippen molar-refractivity contribution < 1.29 is 9.53 Å². The summed E-state index contributed by atoms with van der Waals surface area (Å²) in [7, 11) is 0. The number of rotatable bonds is 3. The molecule has 0 radical (unpaired) electrons. The summed E-state index contributed by atoms with van der Waals surface area (Å²) in [5.41, 5.74) is 0.575. The van der Waals surface area contributed by atoms with Gasteiger partial charge in [0.25, 0.3) is 0 Å². The number of hydrogen-bond donors (Lipinski definition) is 2. The quantitative estimate of drug-likeness (QED) is 0.715. The molecule has 0 heterocycles. The molecule has 2 rings (SSSR count). The first-order valence-corrected chi connectivity index (χ1v) is 9.11. The van der Waals surface area contributed by atoms with Crippen LogP contribution in [0.15, 0.2) is 22.7 Å². The number of anilines is 1. The standard InChI is InChI=1S/C17H24BrClN2O2/c1-17(2,3)23-16(22)21-12-6-4-11(5-7-12)20-13-8-9-14(18)15(19)10-13/h8-12,20H,4-7H2,1-3H3,(H,21,22). The lowest BCUT2D eigenvalue weighted by atomic mass is 9.91. The van der Waals surface area contributed by atoms with Crippen LogP contribution in [0.2, 0.25) is 5.02 Å². The molecule has 2 N–H and O–H groups in total. The lowest BCUT2D eigenvalue weighted by molar-refractivity contribution is 0.0492. The van der Waals surface area contributed by atoms with Gasteiger partial charge in [-0.1, -0.05) is 11.6 Å². The van der Waals surface area contributed by atoms with Gasteiger partial charge in [0.15, 0.2) is 0 Å². The van der Waals surface area contributed by atoms with E-state index in [1.165, 1.54) is 0 Å². The third-order valence-corrected chi connectivity index (χ3v) is 4.97. The van der Waals surface area contributed by atoms with E-state index in [0.717, 1.165) is 35.8 Å². The van der Waals surface area contributed by atoms with Crippen LogP contribution in [0.5, 0.6) is 0 Å². The Bertz CT molecular complexity index is 552. The lowest BCUT2D eigenvalue weighted by Gasteiger charge is -2.31. The molecule has 1 aromatic rings. The smallest absolute Gasteiger partial charge is 0.407 e. The summed E-state index contributed by atoms with van der Waals surface area (Å²) in [4.78, 5) is 11.8. The van der Waals surface area contributed by atoms with Crippen molar-refractivity contribution in [1.29, 1.82) is 0 Å². The maximum atomic E-state index is 11.8. The van der Waals surface area contributed by atoms with Gasteiger partial charge in [-0.3, -0.25) is 0 Å². The van der Waals surface area contributed by atoms with Gasteiger partial charge in [-0.25, -0.2) is 4.79 Å². The molecule has 0 bridgehead atoms. The molecule has 0 aromatic heterocycles. The van der Waals surface area contributed by atoms with E-state index in [1.54, 1.807) is 0 Å². The molecule has 6 heteroatoms. The Kier molecular flexibility index (Phi) is 6.20. The number of amides is 1. The van der Waals surface area contributed by atoms with E-state index in [-0.39, 0.29) is 12.1 Å². The van der Waals surface area contributed by atoms with Crippen LogP contribution in [0.25, 0.3) is 0 Å². The highest BCUT2D eigenvalue weighted by Gasteiger charge is 2.24. The normalized spacial score (nSPS) is 21.6. The molecule has 1 fully saturated rings. The number of carbonyl (C=O) groups excluding carboxylic acids is 1. The third kappa shape index (κ3) is 6.22. The molecule has 1 aromatic carbocycles. The Morgan fingerprint density at radius 2 is 1.83 bits per heavy atom. The van der Waals surface area contributed by atoms with Crippen molar-refractivity contribution in [3.05, 3.63) is 27.7 Å². The summed E-state index contributed by atoms with van der Waals surface area (Å²) >= 11 is 9.51. The highest BCUT2D eigenvalue weighted by molar-refractivity contribution is 9.10. The van der Waals surface area contributed by atoms with E-state index in [1.807, 2.05) is 39.0 Å². The largest absolute Gasteiger partial charge is 0.444 e. The van der Waals surface area contributed by atoms with Gasteiger partial charge in [-0.05, 0) is 80.6 Å². The highest BCUT2D eigenvalue weighted by Crippen LogP contribution is 2.28. The van der Waals surface area contributed by atoms with Gasteiger partial charge in [0.05, 0.1) is 5.02 Å². The number of alkyl carbamates (subject to hydrolysis) is 1. The first-order valence-electron chi connectivity index (χ1n) is 7.94. The first-order chi connectivity index (χ1) is 10.7. The van der Waals surface area contributed by atoms with Crippen molar-refractivity contribution in [2.24, 2.45) is 0 Å². The van der Waals surface area contributed by atoms with Crippen LogP contribution in [0, 0.1) is 0 Å². The zero-order chi connectivity index (χ0) is 17.0. The fourth-order valence-corrected chi connectivity index (χ4v) is 3.11. The van der Waals surface area contributed by atoms with E-state index in [9.17, 15) is 4.79 Å². The van der Waals surface area contributed by atoms with Gasteiger partial charge < -0.3 is 15.4 Å². The van der Waals surface area contributed by atoms with E-state index in [4.69, 9.17) is 16.3 Å². The molecule has 0 spiro atoms. The molecule has 1 saturated carbocycles. The van der Waals surface area contributed by atoms with Crippen LogP contribution < -0.4 is 10.6 Å². The maximum absolute atomic E-state index is 11.8. The summed E-state index contributed by atoms with van der Waals surface area (Å²) in [6.07, 6.45) is 3.58. The number of nitrogens with one attached hydrogen (secondary N) is 2. The van der Waals surface area contributed by atoms with Crippen molar-refractivity contribution in [3.8, 4) is 0 Å². The molecule has 0 unspecified atom stereocenters. The van der Waals surface area contributed by atoms with Crippen LogP contribution in [0.3, 0.4) is 0 Å². The van der Waals surface area contributed by atoms with Gasteiger partial charge in [0.2, 0.25) is 0 Å². The number of hydrogen-bond acceptors (Lipinski definition) is 3. The van der Waals surface area contributed by atoms with Crippen LogP contribution in [0.1, 0.15) is 46.5 Å². The molecule has 0 atom stereocenters. The Balaban J connectivity index is 1.77. The van der Waals surface area contributed by atoms with Crippen molar-refractivity contribution in [2.45, 2.75) is 64.1 Å². The minimum Gasteiger partial charge on any atom is -0.444 e. The molecule has 128 valence electrons. The zero-order valence-electron chi connectivity index (χ0n) is 13.8. The molecule has 0 aliphatic heterocycles. The van der Waals surface area contributed by atoms with E-state index >= 15 is 0 Å². The molecular formula is C17H24BrClN2O2.